The van der Waals surface area contributed by atoms with Crippen molar-refractivity contribution >= 4 is 17.5 Å². The molecule has 18 heavy (non-hydrogen) atoms. The molecule has 2 nitrogen and oxygen atoms in total. The Morgan fingerprint density at radius 1 is 1.33 bits per heavy atom. The van der Waals surface area contributed by atoms with Crippen molar-refractivity contribution in [3.8, 4) is 0 Å². The quantitative estimate of drug-likeness (QED) is 0.828. The molecule has 1 aromatic carbocycles. The second-order valence-corrected chi connectivity index (χ2v) is 6.13. The van der Waals surface area contributed by atoms with Crippen LogP contribution >= 0.6 is 11.6 Å². The van der Waals surface area contributed by atoms with Gasteiger partial charge in [0.2, 0.25) is 0 Å². The largest absolute Gasteiger partial charge is 0.351 e. The first-order valence-electron chi connectivity index (χ1n) is 6.38. The normalized spacial score (nSPS) is 13.2. The number of hydrogen-bond donors (Lipinski definition) is 1. The van der Waals surface area contributed by atoms with E-state index in [-0.39, 0.29) is 16.7 Å². The molecule has 0 heterocycles. The summed E-state index contributed by atoms with van der Waals surface area (Å²) in [7, 11) is 0. The van der Waals surface area contributed by atoms with Gasteiger partial charge < -0.3 is 5.32 Å². The zero-order valence-corrected chi connectivity index (χ0v) is 12.3. The standard InChI is InChI=1S/C15H22ClNO/c1-5-11(16)10-17-14(18)12-8-6-7-9-13(12)15(2,3)4/h6-9,11H,5,10H2,1-4H3,(H,17,18). The van der Waals surface area contributed by atoms with Crippen molar-refractivity contribution in [3.05, 3.63) is 35.4 Å². The van der Waals surface area contributed by atoms with Crippen LogP contribution in [-0.2, 0) is 5.41 Å². The van der Waals surface area contributed by atoms with Crippen molar-refractivity contribution < 1.29 is 4.79 Å². The third kappa shape index (κ3) is 4.02. The van der Waals surface area contributed by atoms with Crippen molar-refractivity contribution in [1.29, 1.82) is 0 Å². The summed E-state index contributed by atoms with van der Waals surface area (Å²) in [6.07, 6.45) is 0.850. The SMILES string of the molecule is CCC(Cl)CNC(=O)c1ccccc1C(C)(C)C. The number of alkyl halides is 1. The summed E-state index contributed by atoms with van der Waals surface area (Å²) in [5.41, 5.74) is 1.76. The van der Waals surface area contributed by atoms with Gasteiger partial charge in [-0.2, -0.15) is 0 Å². The summed E-state index contributed by atoms with van der Waals surface area (Å²) in [5, 5.41) is 2.89. The van der Waals surface area contributed by atoms with Crippen LogP contribution in [0.1, 0.15) is 50.0 Å². The number of rotatable bonds is 4. The van der Waals surface area contributed by atoms with E-state index in [1.165, 1.54) is 0 Å². The number of carbonyl (C=O) groups is 1. The fraction of sp³-hybridized carbons (Fsp3) is 0.533. The summed E-state index contributed by atoms with van der Waals surface area (Å²) in [5.74, 6) is -0.0420. The Bertz CT molecular complexity index is 409. The maximum atomic E-state index is 12.2. The van der Waals surface area contributed by atoms with Gasteiger partial charge in [-0.3, -0.25) is 4.79 Å². The maximum absolute atomic E-state index is 12.2. The van der Waals surface area contributed by atoms with Crippen LogP contribution in [0.5, 0.6) is 0 Å². The minimum atomic E-state index is -0.0426. The molecule has 0 aliphatic heterocycles. The van der Waals surface area contributed by atoms with Gasteiger partial charge in [0.25, 0.3) is 5.91 Å². The number of halogens is 1. The minimum absolute atomic E-state index is 0.00394. The second-order valence-electron chi connectivity index (χ2n) is 5.51. The molecule has 0 saturated heterocycles. The zero-order chi connectivity index (χ0) is 13.8. The fourth-order valence-corrected chi connectivity index (χ4v) is 1.86. The highest BCUT2D eigenvalue weighted by molar-refractivity contribution is 6.20. The van der Waals surface area contributed by atoms with E-state index in [0.717, 1.165) is 17.5 Å². The monoisotopic (exact) mass is 267 g/mol. The molecule has 1 atom stereocenters. The van der Waals surface area contributed by atoms with Crippen LogP contribution in [0.25, 0.3) is 0 Å². The molecule has 0 aliphatic rings. The third-order valence-electron chi connectivity index (χ3n) is 2.91. The van der Waals surface area contributed by atoms with Crippen molar-refractivity contribution in [2.24, 2.45) is 0 Å². The molecule has 0 radical (unpaired) electrons. The van der Waals surface area contributed by atoms with Crippen LogP contribution in [0.3, 0.4) is 0 Å². The van der Waals surface area contributed by atoms with Crippen molar-refractivity contribution in [1.82, 2.24) is 5.32 Å². The van der Waals surface area contributed by atoms with E-state index >= 15 is 0 Å². The number of nitrogens with one attached hydrogen (secondary N) is 1. The molecule has 0 aromatic heterocycles. The Balaban J connectivity index is 2.86. The molecule has 1 N–H and O–H groups in total. The molecule has 0 saturated carbocycles. The first-order chi connectivity index (χ1) is 8.36. The van der Waals surface area contributed by atoms with Gasteiger partial charge in [-0.15, -0.1) is 11.6 Å². The van der Waals surface area contributed by atoms with Gasteiger partial charge in [0, 0.05) is 12.1 Å². The Morgan fingerprint density at radius 2 is 1.94 bits per heavy atom. The first-order valence-corrected chi connectivity index (χ1v) is 6.81. The molecule has 1 unspecified atom stereocenters. The number of hydrogen-bond acceptors (Lipinski definition) is 1. The van der Waals surface area contributed by atoms with E-state index in [1.54, 1.807) is 0 Å². The lowest BCUT2D eigenvalue weighted by molar-refractivity contribution is 0.0951. The summed E-state index contributed by atoms with van der Waals surface area (Å²) in [6, 6.07) is 7.73. The molecule has 0 fully saturated rings. The smallest absolute Gasteiger partial charge is 0.251 e. The number of benzene rings is 1. The lowest BCUT2D eigenvalue weighted by Crippen LogP contribution is -2.31. The Kier molecular flexibility index (Phi) is 5.21. The summed E-state index contributed by atoms with van der Waals surface area (Å²) >= 11 is 6.01. The van der Waals surface area contributed by atoms with Crippen molar-refractivity contribution in [2.75, 3.05) is 6.54 Å². The molecule has 1 rings (SSSR count). The Labute approximate surface area is 115 Å². The Hall–Kier alpha value is -1.02. The van der Waals surface area contributed by atoms with E-state index in [0.29, 0.717) is 6.54 Å². The molecule has 100 valence electrons. The lowest BCUT2D eigenvalue weighted by atomic mass is 9.83. The van der Waals surface area contributed by atoms with E-state index in [1.807, 2.05) is 31.2 Å². The lowest BCUT2D eigenvalue weighted by Gasteiger charge is -2.22. The van der Waals surface area contributed by atoms with Gasteiger partial charge >= 0.3 is 0 Å². The van der Waals surface area contributed by atoms with Crippen LogP contribution in [0.15, 0.2) is 24.3 Å². The van der Waals surface area contributed by atoms with Gasteiger partial charge in [-0.25, -0.2) is 0 Å². The number of carbonyl (C=O) groups excluding carboxylic acids is 1. The van der Waals surface area contributed by atoms with E-state index in [4.69, 9.17) is 11.6 Å². The zero-order valence-electron chi connectivity index (χ0n) is 11.6. The van der Waals surface area contributed by atoms with Crippen LogP contribution in [-0.4, -0.2) is 17.8 Å². The summed E-state index contributed by atoms with van der Waals surface area (Å²) < 4.78 is 0. The summed E-state index contributed by atoms with van der Waals surface area (Å²) in [4.78, 5) is 12.2. The topological polar surface area (TPSA) is 29.1 Å². The van der Waals surface area contributed by atoms with Gasteiger partial charge in [-0.05, 0) is 23.5 Å². The van der Waals surface area contributed by atoms with Crippen LogP contribution in [0.2, 0.25) is 0 Å². The predicted molar refractivity (Wildman–Crippen MR) is 77.4 cm³/mol. The highest BCUT2D eigenvalue weighted by atomic mass is 35.5. The first kappa shape index (κ1) is 15.0. The molecule has 0 spiro atoms. The Morgan fingerprint density at radius 3 is 2.50 bits per heavy atom. The van der Waals surface area contributed by atoms with Gasteiger partial charge in [-0.1, -0.05) is 45.9 Å². The average molecular weight is 268 g/mol. The van der Waals surface area contributed by atoms with E-state index in [2.05, 4.69) is 26.1 Å². The van der Waals surface area contributed by atoms with E-state index < -0.39 is 0 Å². The highest BCUT2D eigenvalue weighted by Gasteiger charge is 2.21. The maximum Gasteiger partial charge on any atom is 0.251 e. The predicted octanol–water partition coefficient (Wildman–Crippen LogP) is 3.73. The van der Waals surface area contributed by atoms with Gasteiger partial charge in [0.05, 0.1) is 5.38 Å². The van der Waals surface area contributed by atoms with Crippen LogP contribution in [0, 0.1) is 0 Å². The molecule has 0 aliphatic carbocycles. The number of amides is 1. The third-order valence-corrected chi connectivity index (χ3v) is 3.37. The second kappa shape index (κ2) is 6.24. The van der Waals surface area contributed by atoms with E-state index in [9.17, 15) is 4.79 Å². The highest BCUT2D eigenvalue weighted by Crippen LogP contribution is 2.25. The average Bonchev–Trinajstić information content (AvgIpc) is 2.34. The van der Waals surface area contributed by atoms with Crippen molar-refractivity contribution in [2.45, 2.75) is 44.9 Å². The molecular weight excluding hydrogens is 246 g/mol. The molecule has 1 aromatic rings. The van der Waals surface area contributed by atoms with Gasteiger partial charge in [0.15, 0.2) is 0 Å². The van der Waals surface area contributed by atoms with Gasteiger partial charge in [0.1, 0.15) is 0 Å². The molecule has 0 bridgehead atoms. The van der Waals surface area contributed by atoms with Crippen LogP contribution < -0.4 is 5.32 Å². The molecule has 1 amide bonds. The summed E-state index contributed by atoms with van der Waals surface area (Å²) in [6.45, 7) is 8.84. The molecule has 3 heteroatoms. The molecular formula is C15H22ClNO. The fourth-order valence-electron chi connectivity index (χ4n) is 1.78. The van der Waals surface area contributed by atoms with Crippen molar-refractivity contribution in [3.63, 3.8) is 0 Å². The van der Waals surface area contributed by atoms with Crippen LogP contribution in [0.4, 0.5) is 0 Å². The minimum Gasteiger partial charge on any atom is -0.351 e.